The fourth-order valence-electron chi connectivity index (χ4n) is 1.84. The summed E-state index contributed by atoms with van der Waals surface area (Å²) < 4.78 is 0. The minimum atomic E-state index is -0.496. The van der Waals surface area contributed by atoms with Gasteiger partial charge in [-0.2, -0.15) is 0 Å². The van der Waals surface area contributed by atoms with Crippen LogP contribution in [0.25, 0.3) is 0 Å². The molecule has 7 heteroatoms. The Morgan fingerprint density at radius 3 is 2.76 bits per heavy atom. The van der Waals surface area contributed by atoms with Crippen LogP contribution < -0.4 is 10.6 Å². The summed E-state index contributed by atoms with van der Waals surface area (Å²) in [6, 6.07) is 2.63. The van der Waals surface area contributed by atoms with Crippen LogP contribution in [0.3, 0.4) is 0 Å². The highest BCUT2D eigenvalue weighted by molar-refractivity contribution is 5.95. The zero-order valence-corrected chi connectivity index (χ0v) is 9.29. The molecule has 0 radical (unpaired) electrons. The highest BCUT2D eigenvalue weighted by Gasteiger charge is 2.29. The summed E-state index contributed by atoms with van der Waals surface area (Å²) in [6.45, 7) is 1.95. The molecule has 0 saturated carbocycles. The van der Waals surface area contributed by atoms with Gasteiger partial charge in [0.05, 0.1) is 4.92 Å². The maximum Gasteiger partial charge on any atom is 0.290 e. The first-order chi connectivity index (χ1) is 7.99. The van der Waals surface area contributed by atoms with E-state index in [0.29, 0.717) is 18.1 Å². The number of pyridine rings is 1. The first-order valence-corrected chi connectivity index (χ1v) is 5.17. The van der Waals surface area contributed by atoms with Crippen LogP contribution >= 0.6 is 0 Å². The van der Waals surface area contributed by atoms with Crippen LogP contribution in [0.1, 0.15) is 12.1 Å². The third kappa shape index (κ3) is 2.09. The average Bonchev–Trinajstić information content (AvgIpc) is 2.57. The van der Waals surface area contributed by atoms with Crippen molar-refractivity contribution in [2.24, 2.45) is 5.73 Å². The molecule has 0 aliphatic carbocycles. The standard InChI is InChI=1S/C10H12N4O3/c1-6-8(14(16)17)2-3-9(12-6)13-5-7(11)4-10(13)15/h2-3,7H,4-5,11H2,1H3. The minimum absolute atomic E-state index is 0.0512. The number of nitrogens with zero attached hydrogens (tertiary/aromatic N) is 3. The van der Waals surface area contributed by atoms with Crippen molar-refractivity contribution in [3.05, 3.63) is 27.9 Å². The normalized spacial score (nSPS) is 19.8. The highest BCUT2D eigenvalue weighted by atomic mass is 16.6. The van der Waals surface area contributed by atoms with Crippen molar-refractivity contribution >= 4 is 17.4 Å². The van der Waals surface area contributed by atoms with Gasteiger partial charge in [-0.05, 0) is 13.0 Å². The fraction of sp³-hybridized carbons (Fsp3) is 0.400. The van der Waals surface area contributed by atoms with Crippen molar-refractivity contribution in [1.29, 1.82) is 0 Å². The van der Waals surface area contributed by atoms with Crippen LogP contribution in [0.2, 0.25) is 0 Å². The smallest absolute Gasteiger partial charge is 0.290 e. The number of rotatable bonds is 2. The van der Waals surface area contributed by atoms with Crippen LogP contribution in [-0.2, 0) is 4.79 Å². The zero-order valence-electron chi connectivity index (χ0n) is 9.29. The molecule has 1 amide bonds. The van der Waals surface area contributed by atoms with Gasteiger partial charge in [-0.15, -0.1) is 0 Å². The molecule has 1 aliphatic rings. The molecule has 90 valence electrons. The van der Waals surface area contributed by atoms with Gasteiger partial charge in [-0.3, -0.25) is 19.8 Å². The third-order valence-corrected chi connectivity index (χ3v) is 2.67. The van der Waals surface area contributed by atoms with E-state index >= 15 is 0 Å². The Balaban J connectivity index is 2.32. The molecule has 2 N–H and O–H groups in total. The predicted molar refractivity (Wildman–Crippen MR) is 60.6 cm³/mol. The number of carbonyl (C=O) groups excluding carboxylic acids is 1. The SMILES string of the molecule is Cc1nc(N2CC(N)CC2=O)ccc1[N+](=O)[O-]. The lowest BCUT2D eigenvalue weighted by Crippen LogP contribution is -2.28. The van der Waals surface area contributed by atoms with Gasteiger partial charge in [0.1, 0.15) is 11.5 Å². The van der Waals surface area contributed by atoms with Crippen LogP contribution in [0.5, 0.6) is 0 Å². The summed E-state index contributed by atoms with van der Waals surface area (Å²) in [6.07, 6.45) is 0.289. The molecule has 2 heterocycles. The molecule has 1 aliphatic heterocycles. The number of nitro groups is 1. The number of nitrogens with two attached hydrogens (primary N) is 1. The second-order valence-corrected chi connectivity index (χ2v) is 4.00. The van der Waals surface area contributed by atoms with Gasteiger partial charge in [0.2, 0.25) is 5.91 Å². The molecule has 1 aromatic heterocycles. The van der Waals surface area contributed by atoms with E-state index in [1.54, 1.807) is 6.92 Å². The van der Waals surface area contributed by atoms with Crippen LogP contribution in [0.15, 0.2) is 12.1 Å². The van der Waals surface area contributed by atoms with E-state index in [-0.39, 0.29) is 24.1 Å². The van der Waals surface area contributed by atoms with Gasteiger partial charge < -0.3 is 5.73 Å². The molecule has 1 aromatic rings. The molecular formula is C10H12N4O3. The van der Waals surface area contributed by atoms with E-state index in [0.717, 1.165) is 0 Å². The van der Waals surface area contributed by atoms with E-state index in [4.69, 9.17) is 5.73 Å². The number of anilines is 1. The third-order valence-electron chi connectivity index (χ3n) is 2.67. The summed E-state index contributed by atoms with van der Waals surface area (Å²) in [4.78, 5) is 27.3. The van der Waals surface area contributed by atoms with Gasteiger partial charge >= 0.3 is 0 Å². The molecule has 0 spiro atoms. The Bertz CT molecular complexity index is 488. The molecule has 0 bridgehead atoms. The first kappa shape index (κ1) is 11.5. The number of amides is 1. The Labute approximate surface area is 97.4 Å². The van der Waals surface area contributed by atoms with E-state index in [1.165, 1.54) is 17.0 Å². The van der Waals surface area contributed by atoms with Crippen molar-refractivity contribution in [3.63, 3.8) is 0 Å². The van der Waals surface area contributed by atoms with Crippen molar-refractivity contribution in [1.82, 2.24) is 4.98 Å². The van der Waals surface area contributed by atoms with Crippen molar-refractivity contribution in [3.8, 4) is 0 Å². The Morgan fingerprint density at radius 2 is 2.29 bits per heavy atom. The molecule has 1 fully saturated rings. The van der Waals surface area contributed by atoms with Gasteiger partial charge in [0.15, 0.2) is 0 Å². The topological polar surface area (TPSA) is 102 Å². The summed E-state index contributed by atoms with van der Waals surface area (Å²) in [7, 11) is 0. The average molecular weight is 236 g/mol. The maximum atomic E-state index is 11.6. The number of hydrogen-bond acceptors (Lipinski definition) is 5. The molecular weight excluding hydrogens is 224 g/mol. The maximum absolute atomic E-state index is 11.6. The summed E-state index contributed by atoms with van der Waals surface area (Å²) in [5.74, 6) is 0.323. The van der Waals surface area contributed by atoms with Crippen molar-refractivity contribution in [2.75, 3.05) is 11.4 Å². The van der Waals surface area contributed by atoms with E-state index in [1.807, 2.05) is 0 Å². The van der Waals surface area contributed by atoms with Gasteiger partial charge in [0, 0.05) is 25.1 Å². The lowest BCUT2D eigenvalue weighted by atomic mass is 10.3. The lowest BCUT2D eigenvalue weighted by Gasteiger charge is -2.14. The van der Waals surface area contributed by atoms with Crippen molar-refractivity contribution < 1.29 is 9.72 Å². The molecule has 7 nitrogen and oxygen atoms in total. The summed E-state index contributed by atoms with van der Waals surface area (Å²) >= 11 is 0. The Kier molecular flexibility index (Phi) is 2.76. The molecule has 1 saturated heterocycles. The zero-order chi connectivity index (χ0) is 12.6. The minimum Gasteiger partial charge on any atom is -0.326 e. The summed E-state index contributed by atoms with van der Waals surface area (Å²) in [5, 5.41) is 10.6. The van der Waals surface area contributed by atoms with Crippen molar-refractivity contribution in [2.45, 2.75) is 19.4 Å². The Hall–Kier alpha value is -2.02. The second-order valence-electron chi connectivity index (χ2n) is 4.00. The summed E-state index contributed by atoms with van der Waals surface area (Å²) in [5.41, 5.74) is 5.91. The van der Waals surface area contributed by atoms with Crippen LogP contribution in [-0.4, -0.2) is 28.4 Å². The molecule has 2 rings (SSSR count). The number of aromatic nitrogens is 1. The predicted octanol–water partition coefficient (Wildman–Crippen LogP) is 0.362. The van der Waals surface area contributed by atoms with Gasteiger partial charge in [-0.1, -0.05) is 0 Å². The molecule has 1 atom stereocenters. The quantitative estimate of drug-likeness (QED) is 0.590. The van der Waals surface area contributed by atoms with Crippen LogP contribution in [0, 0.1) is 17.0 Å². The van der Waals surface area contributed by atoms with E-state index in [9.17, 15) is 14.9 Å². The second kappa shape index (κ2) is 4.10. The Morgan fingerprint density at radius 1 is 1.59 bits per heavy atom. The molecule has 1 unspecified atom stereocenters. The lowest BCUT2D eigenvalue weighted by molar-refractivity contribution is -0.385. The number of carbonyl (C=O) groups is 1. The highest BCUT2D eigenvalue weighted by Crippen LogP contribution is 2.23. The monoisotopic (exact) mass is 236 g/mol. The van der Waals surface area contributed by atoms with E-state index in [2.05, 4.69) is 4.98 Å². The molecule has 17 heavy (non-hydrogen) atoms. The number of hydrogen-bond donors (Lipinski definition) is 1. The number of aryl methyl sites for hydroxylation is 1. The fourth-order valence-corrected chi connectivity index (χ4v) is 1.84. The van der Waals surface area contributed by atoms with Gasteiger partial charge in [0.25, 0.3) is 5.69 Å². The van der Waals surface area contributed by atoms with Crippen LogP contribution in [0.4, 0.5) is 11.5 Å². The first-order valence-electron chi connectivity index (χ1n) is 5.17. The largest absolute Gasteiger partial charge is 0.326 e. The van der Waals surface area contributed by atoms with E-state index < -0.39 is 4.92 Å². The van der Waals surface area contributed by atoms with Gasteiger partial charge in [-0.25, -0.2) is 4.98 Å². The molecule has 0 aromatic carbocycles.